The van der Waals surface area contributed by atoms with Gasteiger partial charge in [0.25, 0.3) is 5.69 Å². The number of furan rings is 1. The van der Waals surface area contributed by atoms with Gasteiger partial charge in [-0.2, -0.15) is 0 Å². The summed E-state index contributed by atoms with van der Waals surface area (Å²) in [4.78, 5) is 22.7. The van der Waals surface area contributed by atoms with Crippen molar-refractivity contribution < 1.29 is 14.1 Å². The molecule has 1 aromatic heterocycles. The SMILES string of the molecule is C[C@@H](NC(=O)CSc1ccc([N+](=O)[O-])cc1)c1ccco1. The smallest absolute Gasteiger partial charge is 0.269 e. The Labute approximate surface area is 125 Å². The lowest BCUT2D eigenvalue weighted by atomic mass is 10.2. The lowest BCUT2D eigenvalue weighted by Crippen LogP contribution is -2.27. The summed E-state index contributed by atoms with van der Waals surface area (Å²) < 4.78 is 5.21. The molecule has 0 saturated heterocycles. The Hall–Kier alpha value is -2.28. The molecule has 6 nitrogen and oxygen atoms in total. The normalized spacial score (nSPS) is 11.9. The number of nitrogens with one attached hydrogen (secondary N) is 1. The molecule has 2 rings (SSSR count). The number of thioether (sulfide) groups is 1. The Kier molecular flexibility index (Phi) is 4.99. The molecule has 1 amide bonds. The Morgan fingerprint density at radius 3 is 2.67 bits per heavy atom. The summed E-state index contributed by atoms with van der Waals surface area (Å²) in [6.07, 6.45) is 1.56. The molecule has 1 heterocycles. The van der Waals surface area contributed by atoms with Crippen molar-refractivity contribution >= 4 is 23.4 Å². The molecule has 1 N–H and O–H groups in total. The van der Waals surface area contributed by atoms with Crippen molar-refractivity contribution in [3.8, 4) is 0 Å². The third kappa shape index (κ3) is 4.35. The van der Waals surface area contributed by atoms with Gasteiger partial charge in [0.05, 0.1) is 23.0 Å². The van der Waals surface area contributed by atoms with Gasteiger partial charge in [-0.05, 0) is 31.2 Å². The maximum Gasteiger partial charge on any atom is 0.269 e. The van der Waals surface area contributed by atoms with Gasteiger partial charge < -0.3 is 9.73 Å². The predicted octanol–water partition coefficient (Wildman–Crippen LogP) is 3.16. The number of carbonyl (C=O) groups excluding carboxylic acids is 1. The third-order valence-electron chi connectivity index (χ3n) is 2.76. The second kappa shape index (κ2) is 6.94. The molecule has 0 unspecified atom stereocenters. The monoisotopic (exact) mass is 306 g/mol. The van der Waals surface area contributed by atoms with E-state index in [0.29, 0.717) is 5.76 Å². The van der Waals surface area contributed by atoms with Crippen LogP contribution in [0.5, 0.6) is 0 Å². The van der Waals surface area contributed by atoms with Crippen LogP contribution in [0, 0.1) is 10.1 Å². The fraction of sp³-hybridized carbons (Fsp3) is 0.214. The summed E-state index contributed by atoms with van der Waals surface area (Å²) in [5.41, 5.74) is 0.0373. The second-order valence-corrected chi connectivity index (χ2v) is 5.39. The molecule has 0 bridgehead atoms. The highest BCUT2D eigenvalue weighted by atomic mass is 32.2. The van der Waals surface area contributed by atoms with Crippen molar-refractivity contribution in [3.63, 3.8) is 0 Å². The molecule has 1 aromatic carbocycles. The number of carbonyl (C=O) groups is 1. The standard InChI is InChI=1S/C14H14N2O4S/c1-10(13-3-2-8-20-13)15-14(17)9-21-12-6-4-11(5-7-12)16(18)19/h2-8,10H,9H2,1H3,(H,15,17)/t10-/m1/s1. The lowest BCUT2D eigenvalue weighted by Gasteiger charge is -2.11. The molecule has 0 aliphatic rings. The molecule has 1 atom stereocenters. The minimum absolute atomic E-state index is 0.0373. The van der Waals surface area contributed by atoms with E-state index >= 15 is 0 Å². The number of hydrogen-bond donors (Lipinski definition) is 1. The van der Waals surface area contributed by atoms with Crippen LogP contribution in [0.3, 0.4) is 0 Å². The van der Waals surface area contributed by atoms with Crippen LogP contribution in [0.1, 0.15) is 18.7 Å². The fourth-order valence-corrected chi connectivity index (χ4v) is 2.41. The van der Waals surface area contributed by atoms with Crippen LogP contribution < -0.4 is 5.32 Å². The zero-order valence-electron chi connectivity index (χ0n) is 11.3. The van der Waals surface area contributed by atoms with Crippen LogP contribution in [0.15, 0.2) is 52.0 Å². The highest BCUT2D eigenvalue weighted by Gasteiger charge is 2.12. The molecule has 110 valence electrons. The fourth-order valence-electron chi connectivity index (χ4n) is 1.70. The van der Waals surface area contributed by atoms with E-state index in [-0.39, 0.29) is 23.4 Å². The molecule has 0 fully saturated rings. The Balaban J connectivity index is 1.82. The van der Waals surface area contributed by atoms with Gasteiger partial charge in [-0.3, -0.25) is 14.9 Å². The molecule has 7 heteroatoms. The van der Waals surface area contributed by atoms with Crippen LogP contribution in [0.25, 0.3) is 0 Å². The number of nitro groups is 1. The van der Waals surface area contributed by atoms with Crippen LogP contribution in [0.4, 0.5) is 5.69 Å². The molecule has 0 aliphatic carbocycles. The zero-order chi connectivity index (χ0) is 15.2. The summed E-state index contributed by atoms with van der Waals surface area (Å²) in [7, 11) is 0. The topological polar surface area (TPSA) is 85.4 Å². The van der Waals surface area contributed by atoms with Gasteiger partial charge in [0.2, 0.25) is 5.91 Å². The van der Waals surface area contributed by atoms with Crippen LogP contribution in [-0.2, 0) is 4.79 Å². The number of amides is 1. The summed E-state index contributed by atoms with van der Waals surface area (Å²) in [5.74, 6) is 0.814. The first-order chi connectivity index (χ1) is 10.1. The Morgan fingerprint density at radius 2 is 2.10 bits per heavy atom. The van der Waals surface area contributed by atoms with E-state index in [2.05, 4.69) is 5.32 Å². The average molecular weight is 306 g/mol. The van der Waals surface area contributed by atoms with Crippen LogP contribution >= 0.6 is 11.8 Å². The van der Waals surface area contributed by atoms with E-state index in [4.69, 9.17) is 4.42 Å². The van der Waals surface area contributed by atoms with Gasteiger partial charge >= 0.3 is 0 Å². The summed E-state index contributed by atoms with van der Waals surface area (Å²) >= 11 is 1.32. The van der Waals surface area contributed by atoms with E-state index in [1.807, 2.05) is 6.92 Å². The predicted molar refractivity (Wildman–Crippen MR) is 79.1 cm³/mol. The van der Waals surface area contributed by atoms with Crippen molar-refractivity contribution in [3.05, 3.63) is 58.5 Å². The van der Waals surface area contributed by atoms with E-state index in [1.54, 1.807) is 30.5 Å². The first kappa shape index (κ1) is 15.1. The van der Waals surface area contributed by atoms with E-state index < -0.39 is 4.92 Å². The van der Waals surface area contributed by atoms with Gasteiger partial charge in [-0.1, -0.05) is 0 Å². The van der Waals surface area contributed by atoms with Crippen molar-refractivity contribution in [2.75, 3.05) is 5.75 Å². The summed E-state index contributed by atoms with van der Waals surface area (Å²) in [6.45, 7) is 1.84. The third-order valence-corrected chi connectivity index (χ3v) is 3.78. The molecule has 0 aliphatic heterocycles. The average Bonchev–Trinajstić information content (AvgIpc) is 3.00. The molecule has 2 aromatic rings. The lowest BCUT2D eigenvalue weighted by molar-refractivity contribution is -0.384. The highest BCUT2D eigenvalue weighted by molar-refractivity contribution is 8.00. The van der Waals surface area contributed by atoms with E-state index in [9.17, 15) is 14.9 Å². The minimum atomic E-state index is -0.452. The highest BCUT2D eigenvalue weighted by Crippen LogP contribution is 2.21. The van der Waals surface area contributed by atoms with Crippen molar-refractivity contribution in [1.82, 2.24) is 5.32 Å². The number of nitro benzene ring substituents is 1. The molecule has 0 spiro atoms. The first-order valence-corrected chi connectivity index (χ1v) is 7.25. The molecule has 0 saturated carbocycles. The maximum atomic E-state index is 11.8. The van der Waals surface area contributed by atoms with Gasteiger partial charge in [0.15, 0.2) is 0 Å². The molecular formula is C14H14N2O4S. The van der Waals surface area contributed by atoms with Crippen LogP contribution in [0.2, 0.25) is 0 Å². The number of benzene rings is 1. The van der Waals surface area contributed by atoms with Gasteiger partial charge in [-0.15, -0.1) is 11.8 Å². The van der Waals surface area contributed by atoms with Crippen molar-refractivity contribution in [2.45, 2.75) is 17.9 Å². The van der Waals surface area contributed by atoms with Gasteiger partial charge in [0.1, 0.15) is 5.76 Å². The summed E-state index contributed by atoms with van der Waals surface area (Å²) in [6, 6.07) is 9.48. The number of nitrogens with zero attached hydrogens (tertiary/aromatic N) is 1. The van der Waals surface area contributed by atoms with E-state index in [1.165, 1.54) is 23.9 Å². The Morgan fingerprint density at radius 1 is 1.38 bits per heavy atom. The maximum absolute atomic E-state index is 11.8. The molecular weight excluding hydrogens is 292 g/mol. The quantitative estimate of drug-likeness (QED) is 0.503. The zero-order valence-corrected chi connectivity index (χ0v) is 12.1. The Bertz CT molecular complexity index is 610. The first-order valence-electron chi connectivity index (χ1n) is 6.26. The molecule has 0 radical (unpaired) electrons. The summed E-state index contributed by atoms with van der Waals surface area (Å²) in [5, 5.41) is 13.4. The van der Waals surface area contributed by atoms with Crippen molar-refractivity contribution in [1.29, 1.82) is 0 Å². The van der Waals surface area contributed by atoms with Gasteiger partial charge in [-0.25, -0.2) is 0 Å². The largest absolute Gasteiger partial charge is 0.467 e. The molecule has 21 heavy (non-hydrogen) atoms. The van der Waals surface area contributed by atoms with Gasteiger partial charge in [0, 0.05) is 17.0 Å². The number of rotatable bonds is 6. The minimum Gasteiger partial charge on any atom is -0.467 e. The number of hydrogen-bond acceptors (Lipinski definition) is 5. The number of non-ortho nitro benzene ring substituents is 1. The van der Waals surface area contributed by atoms with Crippen molar-refractivity contribution in [2.24, 2.45) is 0 Å². The van der Waals surface area contributed by atoms with Crippen LogP contribution in [-0.4, -0.2) is 16.6 Å². The van der Waals surface area contributed by atoms with E-state index in [0.717, 1.165) is 4.90 Å². The second-order valence-electron chi connectivity index (χ2n) is 4.34.